The first-order valence-electron chi connectivity index (χ1n) is 8.02. The van der Waals surface area contributed by atoms with E-state index in [1.807, 2.05) is 30.3 Å². The number of rotatable bonds is 7. The smallest absolute Gasteiger partial charge is 0.338 e. The van der Waals surface area contributed by atoms with Gasteiger partial charge < -0.3 is 14.9 Å². The van der Waals surface area contributed by atoms with Crippen molar-refractivity contribution >= 4 is 6.03 Å². The fraction of sp³-hybridized carbons (Fsp3) is 0.158. The summed E-state index contributed by atoms with van der Waals surface area (Å²) in [4.78, 5) is 15.0. The van der Waals surface area contributed by atoms with Gasteiger partial charge in [-0.3, -0.25) is 10.2 Å². The molecule has 2 heterocycles. The number of furan rings is 1. The number of carbonyl (C=O) groups excluding carboxylic acids is 1. The number of aromatic nitrogens is 1. The van der Waals surface area contributed by atoms with E-state index in [9.17, 15) is 10.0 Å². The molecule has 0 saturated heterocycles. The Labute approximate surface area is 150 Å². The van der Waals surface area contributed by atoms with Crippen molar-refractivity contribution in [3.05, 3.63) is 89.6 Å². The van der Waals surface area contributed by atoms with Gasteiger partial charge in [0.25, 0.3) is 0 Å². The molecule has 7 heteroatoms. The number of ether oxygens (including phenoxy) is 1. The van der Waals surface area contributed by atoms with Crippen LogP contribution in [0, 0.1) is 0 Å². The molecule has 0 aliphatic carbocycles. The average Bonchev–Trinajstić information content (AvgIpc) is 3.18. The van der Waals surface area contributed by atoms with Crippen LogP contribution in [-0.2, 0) is 17.9 Å². The molecule has 1 atom stereocenters. The maximum atomic E-state index is 10.9. The summed E-state index contributed by atoms with van der Waals surface area (Å²) in [5.41, 5.74) is 7.60. The van der Waals surface area contributed by atoms with Crippen molar-refractivity contribution in [1.82, 2.24) is 10.0 Å². The van der Waals surface area contributed by atoms with Crippen LogP contribution >= 0.6 is 0 Å². The van der Waals surface area contributed by atoms with Crippen molar-refractivity contribution < 1.29 is 19.2 Å². The minimum Gasteiger partial charge on any atom is -0.466 e. The molecule has 2 amide bonds. The van der Waals surface area contributed by atoms with Crippen molar-refractivity contribution in [2.24, 2.45) is 5.73 Å². The van der Waals surface area contributed by atoms with E-state index in [2.05, 4.69) is 4.98 Å². The summed E-state index contributed by atoms with van der Waals surface area (Å²) in [7, 11) is 0. The zero-order valence-electron chi connectivity index (χ0n) is 14.0. The molecule has 0 radical (unpaired) electrons. The molecular weight excluding hydrogens is 334 g/mol. The normalized spacial score (nSPS) is 11.9. The number of hydroxylamine groups is 2. The first-order valence-corrected chi connectivity index (χ1v) is 8.02. The van der Waals surface area contributed by atoms with E-state index in [4.69, 9.17) is 14.9 Å². The number of nitrogens with two attached hydrogens (primary N) is 1. The van der Waals surface area contributed by atoms with Gasteiger partial charge in [-0.15, -0.1) is 0 Å². The average molecular weight is 353 g/mol. The van der Waals surface area contributed by atoms with Crippen molar-refractivity contribution in [2.75, 3.05) is 0 Å². The lowest BCUT2D eigenvalue weighted by Crippen LogP contribution is -2.31. The molecule has 0 spiro atoms. The molecule has 134 valence electrons. The summed E-state index contributed by atoms with van der Waals surface area (Å²) in [5, 5.41) is 9.89. The summed E-state index contributed by atoms with van der Waals surface area (Å²) >= 11 is 0. The van der Waals surface area contributed by atoms with Crippen LogP contribution in [0.5, 0.6) is 0 Å². The number of carbonyl (C=O) groups is 1. The topological polar surface area (TPSA) is 102 Å². The van der Waals surface area contributed by atoms with Crippen LogP contribution in [0.25, 0.3) is 0 Å². The highest BCUT2D eigenvalue weighted by Gasteiger charge is 2.18. The zero-order valence-corrected chi connectivity index (χ0v) is 14.0. The third kappa shape index (κ3) is 4.47. The van der Waals surface area contributed by atoms with E-state index < -0.39 is 6.03 Å². The van der Waals surface area contributed by atoms with Crippen LogP contribution in [-0.4, -0.2) is 21.3 Å². The van der Waals surface area contributed by atoms with Crippen LogP contribution in [0.2, 0.25) is 0 Å². The molecule has 0 fully saturated rings. The minimum absolute atomic E-state index is 0.0115. The Kier molecular flexibility index (Phi) is 5.62. The summed E-state index contributed by atoms with van der Waals surface area (Å²) in [6, 6.07) is 13.9. The van der Waals surface area contributed by atoms with E-state index in [1.165, 1.54) is 0 Å². The highest BCUT2D eigenvalue weighted by atomic mass is 16.5. The van der Waals surface area contributed by atoms with Gasteiger partial charge in [-0.2, -0.15) is 0 Å². The predicted octanol–water partition coefficient (Wildman–Crippen LogP) is 3.25. The Morgan fingerprint density at radius 1 is 1.19 bits per heavy atom. The standard InChI is InChI=1S/C19H19N3O4/c20-19(23)22(24)12-14-5-7-16(8-6-14)18(17-4-2-10-25-17)26-13-15-3-1-9-21-11-15/h1-11,18,24H,12-13H2,(H2,20,23). The third-order valence-electron chi connectivity index (χ3n) is 3.81. The molecule has 26 heavy (non-hydrogen) atoms. The van der Waals surface area contributed by atoms with Gasteiger partial charge in [0.15, 0.2) is 0 Å². The molecule has 3 aromatic rings. The molecule has 0 aliphatic rings. The van der Waals surface area contributed by atoms with Crippen LogP contribution in [0.15, 0.2) is 71.6 Å². The second kappa shape index (κ2) is 8.28. The Morgan fingerprint density at radius 2 is 2.00 bits per heavy atom. The van der Waals surface area contributed by atoms with Crippen molar-refractivity contribution in [3.63, 3.8) is 0 Å². The molecule has 1 unspecified atom stereocenters. The maximum Gasteiger partial charge on any atom is 0.338 e. The first-order chi connectivity index (χ1) is 12.6. The van der Waals surface area contributed by atoms with Gasteiger partial charge in [-0.25, -0.2) is 9.86 Å². The number of pyridine rings is 1. The lowest BCUT2D eigenvalue weighted by molar-refractivity contribution is -0.0470. The molecule has 0 bridgehead atoms. The molecule has 3 N–H and O–H groups in total. The number of hydrogen-bond acceptors (Lipinski definition) is 5. The van der Waals surface area contributed by atoms with E-state index in [-0.39, 0.29) is 12.6 Å². The summed E-state index contributed by atoms with van der Waals surface area (Å²) in [6.45, 7) is 0.393. The van der Waals surface area contributed by atoms with Gasteiger partial charge in [0, 0.05) is 12.4 Å². The largest absolute Gasteiger partial charge is 0.466 e. The third-order valence-corrected chi connectivity index (χ3v) is 3.81. The Balaban J connectivity index is 1.75. The second-order valence-corrected chi connectivity index (χ2v) is 5.71. The van der Waals surface area contributed by atoms with Gasteiger partial charge in [0.1, 0.15) is 11.9 Å². The van der Waals surface area contributed by atoms with Gasteiger partial charge >= 0.3 is 6.03 Å². The van der Waals surface area contributed by atoms with Gasteiger partial charge in [0.05, 0.1) is 19.4 Å². The molecule has 0 aliphatic heterocycles. The number of amides is 2. The van der Waals surface area contributed by atoms with E-state index in [0.717, 1.165) is 16.7 Å². The first kappa shape index (κ1) is 17.7. The van der Waals surface area contributed by atoms with Crippen LogP contribution in [0.1, 0.15) is 28.6 Å². The summed E-state index contributed by atoms with van der Waals surface area (Å²) in [5.74, 6) is 0.683. The van der Waals surface area contributed by atoms with E-state index in [1.54, 1.807) is 36.9 Å². The summed E-state index contributed by atoms with van der Waals surface area (Å²) in [6.07, 6.45) is 4.67. The molecule has 0 saturated carbocycles. The quantitative estimate of drug-likeness (QED) is 0.501. The lowest BCUT2D eigenvalue weighted by Gasteiger charge is -2.17. The SMILES string of the molecule is NC(=O)N(O)Cc1ccc(C(OCc2cccnc2)c2ccco2)cc1. The Morgan fingerprint density at radius 3 is 2.62 bits per heavy atom. The zero-order chi connectivity index (χ0) is 18.4. The minimum atomic E-state index is -0.901. The van der Waals surface area contributed by atoms with Gasteiger partial charge in [-0.1, -0.05) is 30.3 Å². The van der Waals surface area contributed by atoms with Gasteiger partial charge in [0.2, 0.25) is 0 Å². The fourth-order valence-electron chi connectivity index (χ4n) is 2.49. The number of urea groups is 1. The highest BCUT2D eigenvalue weighted by molar-refractivity contribution is 5.70. The molecular formula is C19H19N3O4. The van der Waals surface area contributed by atoms with Crippen LogP contribution in [0.4, 0.5) is 4.79 Å². The van der Waals surface area contributed by atoms with E-state index in [0.29, 0.717) is 17.4 Å². The van der Waals surface area contributed by atoms with Crippen LogP contribution < -0.4 is 5.73 Å². The Hall–Kier alpha value is -3.16. The van der Waals surface area contributed by atoms with Crippen molar-refractivity contribution in [1.29, 1.82) is 0 Å². The number of hydrogen-bond donors (Lipinski definition) is 2. The van der Waals surface area contributed by atoms with Gasteiger partial charge in [-0.05, 0) is 34.9 Å². The number of primary amides is 1. The molecule has 1 aromatic carbocycles. The molecule has 2 aromatic heterocycles. The number of nitrogens with zero attached hydrogens (tertiary/aromatic N) is 2. The molecule has 3 rings (SSSR count). The number of benzene rings is 1. The fourth-order valence-corrected chi connectivity index (χ4v) is 2.49. The van der Waals surface area contributed by atoms with Crippen molar-refractivity contribution in [3.8, 4) is 0 Å². The van der Waals surface area contributed by atoms with Crippen LogP contribution in [0.3, 0.4) is 0 Å². The van der Waals surface area contributed by atoms with Crippen molar-refractivity contribution in [2.45, 2.75) is 19.3 Å². The highest BCUT2D eigenvalue weighted by Crippen LogP contribution is 2.28. The summed E-state index contributed by atoms with van der Waals surface area (Å²) < 4.78 is 11.6. The Bertz CT molecular complexity index is 820. The van der Waals surface area contributed by atoms with E-state index >= 15 is 0 Å². The maximum absolute atomic E-state index is 10.9. The monoisotopic (exact) mass is 353 g/mol. The lowest BCUT2D eigenvalue weighted by atomic mass is 10.0. The molecule has 7 nitrogen and oxygen atoms in total. The predicted molar refractivity (Wildman–Crippen MR) is 92.9 cm³/mol. The second-order valence-electron chi connectivity index (χ2n) is 5.71.